The van der Waals surface area contributed by atoms with Crippen molar-refractivity contribution in [2.24, 2.45) is 5.73 Å². The molecule has 1 rings (SSSR count). The smallest absolute Gasteiger partial charge is 0.404 e. The van der Waals surface area contributed by atoms with Crippen LogP contribution in [0.3, 0.4) is 0 Å². The predicted molar refractivity (Wildman–Crippen MR) is 60.7 cm³/mol. The molecule has 0 fully saturated rings. The summed E-state index contributed by atoms with van der Waals surface area (Å²) < 4.78 is 5.50. The number of aryl methyl sites for hydroxylation is 1. The van der Waals surface area contributed by atoms with E-state index in [1.54, 1.807) is 6.20 Å². The molecule has 1 aromatic heterocycles. The average molecular weight is 274 g/mol. The standard InChI is InChI=1S/C9H12BrN3O2/c1-6-4-7(10)5-13-8(6)12-2-3-15-9(11)14/h4-5H,2-3H2,1H3,(H2,11,14)(H,12,13). The Kier molecular flexibility index (Phi) is 4.36. The Morgan fingerprint density at radius 2 is 2.47 bits per heavy atom. The first-order chi connectivity index (χ1) is 7.09. The first kappa shape index (κ1) is 11.8. The number of carbonyl (C=O) groups is 1. The number of nitrogens with one attached hydrogen (secondary N) is 1. The summed E-state index contributed by atoms with van der Waals surface area (Å²) in [6.07, 6.45) is 0.932. The van der Waals surface area contributed by atoms with Gasteiger partial charge >= 0.3 is 6.09 Å². The summed E-state index contributed by atoms with van der Waals surface area (Å²) in [6.45, 7) is 2.65. The average Bonchev–Trinajstić information content (AvgIpc) is 2.14. The lowest BCUT2D eigenvalue weighted by molar-refractivity contribution is 0.161. The van der Waals surface area contributed by atoms with Gasteiger partial charge in [0.1, 0.15) is 12.4 Å². The van der Waals surface area contributed by atoms with Crippen LogP contribution in [0, 0.1) is 6.92 Å². The molecule has 0 saturated heterocycles. The Bertz CT molecular complexity index is 357. The van der Waals surface area contributed by atoms with Crippen molar-refractivity contribution >= 4 is 27.8 Å². The van der Waals surface area contributed by atoms with Crippen molar-refractivity contribution in [3.8, 4) is 0 Å². The van der Waals surface area contributed by atoms with Gasteiger partial charge in [0.25, 0.3) is 0 Å². The van der Waals surface area contributed by atoms with Gasteiger partial charge in [-0.25, -0.2) is 9.78 Å². The number of pyridine rings is 1. The number of nitrogens with zero attached hydrogens (tertiary/aromatic N) is 1. The van der Waals surface area contributed by atoms with E-state index in [1.165, 1.54) is 0 Å². The highest BCUT2D eigenvalue weighted by Crippen LogP contribution is 2.16. The van der Waals surface area contributed by atoms with E-state index >= 15 is 0 Å². The first-order valence-corrected chi connectivity index (χ1v) is 5.17. The second-order valence-corrected chi connectivity index (χ2v) is 3.83. The first-order valence-electron chi connectivity index (χ1n) is 4.38. The lowest BCUT2D eigenvalue weighted by atomic mass is 10.3. The molecule has 0 saturated carbocycles. The molecule has 0 aliphatic rings. The summed E-state index contributed by atoms with van der Waals surface area (Å²) in [7, 11) is 0. The fourth-order valence-corrected chi connectivity index (χ4v) is 1.49. The molecular weight excluding hydrogens is 262 g/mol. The molecule has 0 aliphatic heterocycles. The van der Waals surface area contributed by atoms with Gasteiger partial charge in [-0.15, -0.1) is 0 Å². The second kappa shape index (κ2) is 5.55. The van der Waals surface area contributed by atoms with Crippen molar-refractivity contribution in [3.63, 3.8) is 0 Å². The van der Waals surface area contributed by atoms with Crippen LogP contribution in [-0.4, -0.2) is 24.2 Å². The summed E-state index contributed by atoms with van der Waals surface area (Å²) in [6, 6.07) is 1.95. The molecule has 82 valence electrons. The van der Waals surface area contributed by atoms with E-state index in [1.807, 2.05) is 13.0 Å². The number of halogens is 1. The van der Waals surface area contributed by atoms with Gasteiger partial charge in [0, 0.05) is 10.7 Å². The van der Waals surface area contributed by atoms with Crippen LogP contribution in [0.5, 0.6) is 0 Å². The van der Waals surface area contributed by atoms with Gasteiger partial charge in [-0.05, 0) is 34.5 Å². The zero-order valence-electron chi connectivity index (χ0n) is 8.29. The second-order valence-electron chi connectivity index (χ2n) is 2.91. The van der Waals surface area contributed by atoms with E-state index < -0.39 is 6.09 Å². The highest BCUT2D eigenvalue weighted by atomic mass is 79.9. The Balaban J connectivity index is 2.40. The van der Waals surface area contributed by atoms with Crippen molar-refractivity contribution in [2.45, 2.75) is 6.92 Å². The number of rotatable bonds is 4. The van der Waals surface area contributed by atoms with Crippen LogP contribution in [0.15, 0.2) is 16.7 Å². The molecular formula is C9H12BrN3O2. The Labute approximate surface area is 96.1 Å². The maximum absolute atomic E-state index is 10.3. The third-order valence-corrected chi connectivity index (χ3v) is 2.12. The minimum absolute atomic E-state index is 0.229. The van der Waals surface area contributed by atoms with Gasteiger partial charge in [0.15, 0.2) is 0 Å². The van der Waals surface area contributed by atoms with Crippen molar-refractivity contribution in [1.29, 1.82) is 0 Å². The van der Waals surface area contributed by atoms with Crippen LogP contribution in [0.1, 0.15) is 5.56 Å². The number of amides is 1. The lowest BCUT2D eigenvalue weighted by Crippen LogP contribution is -2.18. The monoisotopic (exact) mass is 273 g/mol. The normalized spacial score (nSPS) is 9.73. The molecule has 1 amide bonds. The van der Waals surface area contributed by atoms with Crippen LogP contribution in [0.4, 0.5) is 10.6 Å². The van der Waals surface area contributed by atoms with E-state index in [2.05, 4.69) is 31.0 Å². The molecule has 5 nitrogen and oxygen atoms in total. The highest BCUT2D eigenvalue weighted by Gasteiger charge is 2.00. The lowest BCUT2D eigenvalue weighted by Gasteiger charge is -2.08. The molecule has 0 aromatic carbocycles. The summed E-state index contributed by atoms with van der Waals surface area (Å²) >= 11 is 3.32. The molecule has 0 radical (unpaired) electrons. The number of hydrogen-bond donors (Lipinski definition) is 2. The third-order valence-electron chi connectivity index (χ3n) is 1.68. The third kappa shape index (κ3) is 4.16. The highest BCUT2D eigenvalue weighted by molar-refractivity contribution is 9.10. The SMILES string of the molecule is Cc1cc(Br)cnc1NCCOC(N)=O. The van der Waals surface area contributed by atoms with E-state index in [9.17, 15) is 4.79 Å². The molecule has 1 aromatic rings. The van der Waals surface area contributed by atoms with Gasteiger partial charge in [-0.2, -0.15) is 0 Å². The van der Waals surface area contributed by atoms with Gasteiger partial charge < -0.3 is 15.8 Å². The molecule has 0 spiro atoms. The fraction of sp³-hybridized carbons (Fsp3) is 0.333. The topological polar surface area (TPSA) is 77.2 Å². The van der Waals surface area contributed by atoms with Gasteiger partial charge in [0.05, 0.1) is 6.54 Å². The fourth-order valence-electron chi connectivity index (χ4n) is 1.05. The van der Waals surface area contributed by atoms with E-state index in [4.69, 9.17) is 5.73 Å². The summed E-state index contributed by atoms with van der Waals surface area (Å²) in [5, 5.41) is 3.03. The summed E-state index contributed by atoms with van der Waals surface area (Å²) in [4.78, 5) is 14.4. The van der Waals surface area contributed by atoms with E-state index in [-0.39, 0.29) is 6.61 Å². The number of aromatic nitrogens is 1. The van der Waals surface area contributed by atoms with Crippen LogP contribution in [-0.2, 0) is 4.74 Å². The van der Waals surface area contributed by atoms with Crippen molar-refractivity contribution in [1.82, 2.24) is 4.98 Å². The van der Waals surface area contributed by atoms with Crippen LogP contribution in [0.2, 0.25) is 0 Å². The van der Waals surface area contributed by atoms with E-state index in [0.29, 0.717) is 6.54 Å². The Morgan fingerprint density at radius 3 is 3.07 bits per heavy atom. The number of carbonyl (C=O) groups excluding carboxylic acids is 1. The zero-order chi connectivity index (χ0) is 11.3. The number of anilines is 1. The van der Waals surface area contributed by atoms with Crippen LogP contribution >= 0.6 is 15.9 Å². The van der Waals surface area contributed by atoms with Crippen molar-refractivity contribution in [2.75, 3.05) is 18.5 Å². The summed E-state index contributed by atoms with van der Waals surface area (Å²) in [5.41, 5.74) is 5.83. The van der Waals surface area contributed by atoms with Crippen LogP contribution < -0.4 is 11.1 Å². The molecule has 0 bridgehead atoms. The van der Waals surface area contributed by atoms with Crippen molar-refractivity contribution in [3.05, 3.63) is 22.3 Å². The van der Waals surface area contributed by atoms with Crippen LogP contribution in [0.25, 0.3) is 0 Å². The predicted octanol–water partition coefficient (Wildman–Crippen LogP) is 1.66. The Morgan fingerprint density at radius 1 is 1.73 bits per heavy atom. The molecule has 3 N–H and O–H groups in total. The molecule has 0 aliphatic carbocycles. The summed E-state index contributed by atoms with van der Waals surface area (Å²) in [5.74, 6) is 0.770. The van der Waals surface area contributed by atoms with E-state index in [0.717, 1.165) is 15.9 Å². The minimum atomic E-state index is -0.766. The maximum atomic E-state index is 10.3. The van der Waals surface area contributed by atoms with Gasteiger partial charge in [-0.1, -0.05) is 0 Å². The van der Waals surface area contributed by atoms with Gasteiger partial charge in [-0.3, -0.25) is 0 Å². The molecule has 6 heteroatoms. The largest absolute Gasteiger partial charge is 0.448 e. The molecule has 0 atom stereocenters. The minimum Gasteiger partial charge on any atom is -0.448 e. The Hall–Kier alpha value is -1.30. The zero-order valence-corrected chi connectivity index (χ0v) is 9.87. The molecule has 0 unspecified atom stereocenters. The quantitative estimate of drug-likeness (QED) is 0.818. The maximum Gasteiger partial charge on any atom is 0.404 e. The number of primary amides is 1. The number of ether oxygens (including phenoxy) is 1. The molecule has 1 heterocycles. The number of hydrogen-bond acceptors (Lipinski definition) is 4. The molecule has 15 heavy (non-hydrogen) atoms. The van der Waals surface area contributed by atoms with Gasteiger partial charge in [0.2, 0.25) is 0 Å². The number of nitrogens with two attached hydrogens (primary N) is 1. The van der Waals surface area contributed by atoms with Crippen molar-refractivity contribution < 1.29 is 9.53 Å².